The average molecular weight is 308 g/mol. The van der Waals surface area contributed by atoms with Crippen molar-refractivity contribution in [1.29, 1.82) is 0 Å². The summed E-state index contributed by atoms with van der Waals surface area (Å²) in [5, 5.41) is 16.5. The van der Waals surface area contributed by atoms with E-state index in [0.717, 1.165) is 0 Å². The van der Waals surface area contributed by atoms with Gasteiger partial charge in [0.1, 0.15) is 0 Å². The van der Waals surface area contributed by atoms with Crippen LogP contribution in [0.1, 0.15) is 12.0 Å². The number of hydrogen-bond acceptors (Lipinski definition) is 6. The van der Waals surface area contributed by atoms with Crippen LogP contribution in [-0.2, 0) is 14.3 Å². The summed E-state index contributed by atoms with van der Waals surface area (Å²) in [7, 11) is 1.54. The Hall–Kier alpha value is -2.81. The quantitative estimate of drug-likeness (QED) is 0.245. The van der Waals surface area contributed by atoms with E-state index in [1.807, 2.05) is 0 Å². The van der Waals surface area contributed by atoms with Crippen molar-refractivity contribution in [3.8, 4) is 0 Å². The van der Waals surface area contributed by atoms with Crippen LogP contribution in [0.15, 0.2) is 29.4 Å². The molecular weight excluding hydrogens is 292 g/mol. The van der Waals surface area contributed by atoms with Crippen LogP contribution in [0.25, 0.3) is 0 Å². The van der Waals surface area contributed by atoms with Crippen molar-refractivity contribution < 1.29 is 19.2 Å². The zero-order valence-electron chi connectivity index (χ0n) is 11.9. The molecule has 0 unspecified atom stereocenters. The molecule has 0 aliphatic rings. The van der Waals surface area contributed by atoms with Gasteiger partial charge in [0.05, 0.1) is 11.1 Å². The molecule has 0 aromatic heterocycles. The Balaban J connectivity index is 2.39. The molecule has 0 radical (unpaired) electrons. The lowest BCUT2D eigenvalue weighted by Gasteiger charge is -2.03. The molecule has 0 saturated heterocycles. The zero-order valence-corrected chi connectivity index (χ0v) is 11.9. The predicted molar refractivity (Wildman–Crippen MR) is 78.3 cm³/mol. The lowest BCUT2D eigenvalue weighted by molar-refractivity contribution is -0.384. The second kappa shape index (κ2) is 9.19. The largest absolute Gasteiger partial charge is 0.385 e. The maximum Gasteiger partial charge on any atom is 0.329 e. The maximum absolute atomic E-state index is 11.4. The minimum atomic E-state index is -0.893. The fourth-order valence-corrected chi connectivity index (χ4v) is 1.40. The number of nitrogens with zero attached hydrogens (tertiary/aromatic N) is 2. The molecule has 1 aromatic rings. The fourth-order valence-electron chi connectivity index (χ4n) is 1.40. The first-order valence-electron chi connectivity index (χ1n) is 6.39. The van der Waals surface area contributed by atoms with Gasteiger partial charge in [0, 0.05) is 32.4 Å². The van der Waals surface area contributed by atoms with E-state index in [1.54, 1.807) is 7.11 Å². The number of non-ortho nitro benzene ring substituents is 1. The Kier molecular flexibility index (Phi) is 7.20. The number of hydrazone groups is 1. The summed E-state index contributed by atoms with van der Waals surface area (Å²) in [5.41, 5.74) is 2.57. The zero-order chi connectivity index (χ0) is 16.4. The van der Waals surface area contributed by atoms with E-state index < -0.39 is 16.7 Å². The van der Waals surface area contributed by atoms with Crippen molar-refractivity contribution in [2.24, 2.45) is 5.10 Å². The number of nitro groups is 1. The number of benzene rings is 1. The maximum atomic E-state index is 11.4. The molecule has 22 heavy (non-hydrogen) atoms. The lowest BCUT2D eigenvalue weighted by atomic mass is 10.2. The van der Waals surface area contributed by atoms with Crippen LogP contribution in [0, 0.1) is 10.1 Å². The first-order valence-corrected chi connectivity index (χ1v) is 6.39. The van der Waals surface area contributed by atoms with Gasteiger partial charge in [-0.25, -0.2) is 5.43 Å². The van der Waals surface area contributed by atoms with Gasteiger partial charge in [-0.3, -0.25) is 19.7 Å². The molecule has 9 nitrogen and oxygen atoms in total. The molecule has 0 aliphatic carbocycles. The molecule has 0 heterocycles. The molecule has 0 atom stereocenters. The van der Waals surface area contributed by atoms with E-state index in [0.29, 0.717) is 25.1 Å². The molecule has 2 amide bonds. The highest BCUT2D eigenvalue weighted by Crippen LogP contribution is 2.10. The summed E-state index contributed by atoms with van der Waals surface area (Å²) >= 11 is 0. The minimum absolute atomic E-state index is 0.0448. The number of hydrogen-bond donors (Lipinski definition) is 2. The number of carbonyl (C=O) groups excluding carboxylic acids is 2. The van der Waals surface area contributed by atoms with E-state index in [-0.39, 0.29) is 5.69 Å². The molecule has 9 heteroatoms. The Bertz CT molecular complexity index is 556. The van der Waals surface area contributed by atoms with Crippen molar-refractivity contribution in [1.82, 2.24) is 10.7 Å². The number of nitrogens with one attached hydrogen (secondary N) is 2. The molecule has 1 aromatic carbocycles. The number of amides is 2. The smallest absolute Gasteiger partial charge is 0.329 e. The average Bonchev–Trinajstić information content (AvgIpc) is 2.51. The molecule has 118 valence electrons. The lowest BCUT2D eigenvalue weighted by Crippen LogP contribution is -2.38. The normalized spacial score (nSPS) is 10.4. The number of carbonyl (C=O) groups is 2. The third-order valence-electron chi connectivity index (χ3n) is 2.50. The second-order valence-electron chi connectivity index (χ2n) is 4.15. The van der Waals surface area contributed by atoms with Gasteiger partial charge in [0.2, 0.25) is 0 Å². The van der Waals surface area contributed by atoms with Gasteiger partial charge < -0.3 is 10.1 Å². The van der Waals surface area contributed by atoms with Crippen LogP contribution in [0.3, 0.4) is 0 Å². The number of ether oxygens (including phenoxy) is 1. The first-order chi connectivity index (χ1) is 10.5. The van der Waals surface area contributed by atoms with Gasteiger partial charge in [-0.15, -0.1) is 0 Å². The third-order valence-corrected chi connectivity index (χ3v) is 2.50. The predicted octanol–water partition coefficient (Wildman–Crippen LogP) is 0.198. The van der Waals surface area contributed by atoms with Gasteiger partial charge in [-0.1, -0.05) is 0 Å². The molecule has 0 bridgehead atoms. The molecular formula is C13H16N4O5. The topological polar surface area (TPSA) is 123 Å². The number of nitro benzene ring substituents is 1. The number of methoxy groups -OCH3 is 1. The van der Waals surface area contributed by atoms with Gasteiger partial charge >= 0.3 is 11.8 Å². The minimum Gasteiger partial charge on any atom is -0.385 e. The van der Waals surface area contributed by atoms with Crippen molar-refractivity contribution in [2.75, 3.05) is 20.3 Å². The number of rotatable bonds is 7. The summed E-state index contributed by atoms with van der Waals surface area (Å²) < 4.78 is 4.80. The van der Waals surface area contributed by atoms with Gasteiger partial charge in [-0.05, 0) is 24.1 Å². The summed E-state index contributed by atoms with van der Waals surface area (Å²) in [6.07, 6.45) is 1.88. The van der Waals surface area contributed by atoms with Gasteiger partial charge in [0.25, 0.3) is 5.69 Å². The van der Waals surface area contributed by atoms with E-state index in [1.165, 1.54) is 30.5 Å². The molecule has 1 rings (SSSR count). The van der Waals surface area contributed by atoms with Crippen LogP contribution in [0.5, 0.6) is 0 Å². The van der Waals surface area contributed by atoms with Crippen LogP contribution in [0.2, 0.25) is 0 Å². The Morgan fingerprint density at radius 1 is 1.32 bits per heavy atom. The molecule has 0 spiro atoms. The molecule has 0 fully saturated rings. The highest BCUT2D eigenvalue weighted by atomic mass is 16.6. The molecule has 0 aliphatic heterocycles. The van der Waals surface area contributed by atoms with E-state index in [9.17, 15) is 19.7 Å². The summed E-state index contributed by atoms with van der Waals surface area (Å²) in [6, 6.07) is 5.56. The van der Waals surface area contributed by atoms with Gasteiger partial charge in [-0.2, -0.15) is 5.10 Å². The van der Waals surface area contributed by atoms with Crippen LogP contribution >= 0.6 is 0 Å². The molecule has 2 N–H and O–H groups in total. The highest BCUT2D eigenvalue weighted by Gasteiger charge is 2.11. The highest BCUT2D eigenvalue weighted by molar-refractivity contribution is 6.35. The Morgan fingerprint density at radius 2 is 2.00 bits per heavy atom. The van der Waals surface area contributed by atoms with E-state index in [2.05, 4.69) is 15.8 Å². The van der Waals surface area contributed by atoms with Crippen molar-refractivity contribution in [3.63, 3.8) is 0 Å². The SMILES string of the molecule is COCCCNC(=O)C(=O)N/N=C/c1ccc([N+](=O)[O-])cc1. The van der Waals surface area contributed by atoms with Crippen molar-refractivity contribution >= 4 is 23.7 Å². The Morgan fingerprint density at radius 3 is 2.59 bits per heavy atom. The van der Waals surface area contributed by atoms with Crippen molar-refractivity contribution in [2.45, 2.75) is 6.42 Å². The van der Waals surface area contributed by atoms with Crippen LogP contribution < -0.4 is 10.7 Å². The third kappa shape index (κ3) is 6.09. The summed E-state index contributed by atoms with van der Waals surface area (Å²) in [6.45, 7) is 0.812. The van der Waals surface area contributed by atoms with E-state index >= 15 is 0 Å². The van der Waals surface area contributed by atoms with Gasteiger partial charge in [0.15, 0.2) is 0 Å². The monoisotopic (exact) mass is 308 g/mol. The fraction of sp³-hybridized carbons (Fsp3) is 0.308. The van der Waals surface area contributed by atoms with Crippen LogP contribution in [-0.4, -0.2) is 43.2 Å². The van der Waals surface area contributed by atoms with Crippen molar-refractivity contribution in [3.05, 3.63) is 39.9 Å². The standard InChI is InChI=1S/C13H16N4O5/c1-22-8-2-7-14-12(18)13(19)16-15-9-10-3-5-11(6-4-10)17(20)21/h3-6,9H,2,7-8H2,1H3,(H,14,18)(H,16,19)/b15-9+. The summed E-state index contributed by atoms with van der Waals surface area (Å²) in [5.74, 6) is -1.69. The molecule has 0 saturated carbocycles. The second-order valence-corrected chi connectivity index (χ2v) is 4.15. The van der Waals surface area contributed by atoms with E-state index in [4.69, 9.17) is 4.74 Å². The first kappa shape index (κ1) is 17.2. The van der Waals surface area contributed by atoms with Crippen LogP contribution in [0.4, 0.5) is 5.69 Å². The Labute approximate surface area is 126 Å². The summed E-state index contributed by atoms with van der Waals surface area (Å²) in [4.78, 5) is 32.7.